The highest BCUT2D eigenvalue weighted by molar-refractivity contribution is 5.95. The highest BCUT2D eigenvalue weighted by Crippen LogP contribution is 2.48. The molecule has 0 atom stereocenters. The number of aryl methyl sites for hydroxylation is 9. The number of benzene rings is 14. The molecule has 4 aromatic heterocycles. The Kier molecular flexibility index (Phi) is 29.7. The van der Waals surface area contributed by atoms with E-state index in [1.807, 2.05) is 13.8 Å². The number of nitrogens with zero attached hydrogens (tertiary/aromatic N) is 4. The molecule has 0 spiro atoms. The molecule has 4 heteroatoms. The summed E-state index contributed by atoms with van der Waals surface area (Å²) < 4.78 is 36.5. The molecule has 0 bridgehead atoms. The number of rotatable bonds is 17. The van der Waals surface area contributed by atoms with E-state index in [2.05, 4.69) is 421 Å². The van der Waals surface area contributed by atoms with Gasteiger partial charge in [0.1, 0.15) is 28.2 Å². The van der Waals surface area contributed by atoms with Crippen LogP contribution >= 0.6 is 0 Å². The molecule has 4 nitrogen and oxygen atoms in total. The molecule has 6 fully saturated rings. The monoisotopic (exact) mass is 1930 g/mol. The maximum absolute atomic E-state index is 9.49. The van der Waals surface area contributed by atoms with Gasteiger partial charge in [0.2, 0.25) is 22.8 Å². The fourth-order valence-corrected chi connectivity index (χ4v) is 25.7. The molecule has 0 N–H and O–H groups in total. The second-order valence-corrected chi connectivity index (χ2v) is 44.7. The minimum atomic E-state index is -0.616. The molecular formula is C143H154N4+4. The lowest BCUT2D eigenvalue weighted by molar-refractivity contribution is -0.660. The first-order valence-electron chi connectivity index (χ1n) is 57.6. The van der Waals surface area contributed by atoms with Gasteiger partial charge in [-0.3, -0.25) is 0 Å². The molecule has 0 unspecified atom stereocenters. The second-order valence-electron chi connectivity index (χ2n) is 44.7. The van der Waals surface area contributed by atoms with E-state index in [0.29, 0.717) is 11.8 Å². The average Bonchev–Trinajstić information content (AvgIpc) is 0.762. The van der Waals surface area contributed by atoms with Gasteiger partial charge in [0, 0.05) is 72.9 Å². The largest absolute Gasteiger partial charge is 0.213 e. The van der Waals surface area contributed by atoms with Crippen LogP contribution in [0, 0.1) is 34.6 Å². The van der Waals surface area contributed by atoms with Crippen LogP contribution in [0.3, 0.4) is 0 Å². The molecule has 0 amide bonds. The van der Waals surface area contributed by atoms with E-state index in [4.69, 9.17) is 1.37 Å². The molecule has 0 radical (unpaired) electrons. The van der Waals surface area contributed by atoms with Crippen LogP contribution in [-0.2, 0) is 28.2 Å². The van der Waals surface area contributed by atoms with Crippen LogP contribution in [-0.4, -0.2) is 0 Å². The Morgan fingerprint density at radius 1 is 0.218 bits per heavy atom. The molecule has 742 valence electrons. The van der Waals surface area contributed by atoms with Crippen molar-refractivity contribution < 1.29 is 22.4 Å². The van der Waals surface area contributed by atoms with Gasteiger partial charge in [0.05, 0.1) is 0 Å². The van der Waals surface area contributed by atoms with Crippen molar-refractivity contribution in [2.24, 2.45) is 28.2 Å². The van der Waals surface area contributed by atoms with Gasteiger partial charge in [0.25, 0.3) is 0 Å². The van der Waals surface area contributed by atoms with Crippen LogP contribution in [0.25, 0.3) is 155 Å². The topological polar surface area (TPSA) is 15.5 Å². The Labute approximate surface area is 882 Å². The zero-order valence-electron chi connectivity index (χ0n) is 92.4. The maximum Gasteiger partial charge on any atom is 0.213 e. The predicted molar refractivity (Wildman–Crippen MR) is 623 cm³/mol. The SMILES string of the molecule is Cc1ccccc1-c1cc(-c2ccc3cc(-c4ccc(C5CCCC5)cc4)ccc3c2)c(C2CCCCC2)c[n+]1C.Cc1ccccc1-c1cc(-c2ccc3cc(-c4ccc(C5CCCCC5)cc4)ccc3c2)c(C2CCCCC2)c[n+]1C.[2H]C(C)(C)c1ccc2cc(-c3cc(-c4ccccc4C)[n+](C)cc3C3([2H])CCCCC3)ccc2c1.[2H]C1(c2c[n+](C)c(-c3ccccc3C)cc2-c2ccc3cc(C)ccc3c2)CCCCC1. The summed E-state index contributed by atoms with van der Waals surface area (Å²) in [6, 6.07) is 118. The molecule has 24 rings (SSSR count). The molecule has 0 aliphatic heterocycles. The molecule has 147 heavy (non-hydrogen) atoms. The van der Waals surface area contributed by atoms with Crippen molar-refractivity contribution >= 4 is 43.1 Å². The Morgan fingerprint density at radius 2 is 0.456 bits per heavy atom. The van der Waals surface area contributed by atoms with Gasteiger partial charge in [-0.25, -0.2) is 18.3 Å². The smallest absolute Gasteiger partial charge is 0.201 e. The highest BCUT2D eigenvalue weighted by Gasteiger charge is 2.33. The predicted octanol–water partition coefficient (Wildman–Crippen LogP) is 37.9. The minimum Gasteiger partial charge on any atom is -0.201 e. The number of hydrogen-bond donors (Lipinski definition) is 0. The average molecular weight is 1930 g/mol. The molecular weight excluding hydrogens is 1770 g/mol. The van der Waals surface area contributed by atoms with Crippen LogP contribution in [0.15, 0.2) is 340 Å². The molecule has 6 aliphatic carbocycles. The van der Waals surface area contributed by atoms with E-state index < -0.39 is 17.7 Å². The van der Waals surface area contributed by atoms with Crippen molar-refractivity contribution in [3.05, 3.63) is 407 Å². The van der Waals surface area contributed by atoms with Crippen LogP contribution in [0.1, 0.15) is 312 Å². The molecule has 14 aromatic carbocycles. The quantitative estimate of drug-likeness (QED) is 0.0808. The van der Waals surface area contributed by atoms with Gasteiger partial charge in [-0.05, 0) is 362 Å². The number of aromatic nitrogens is 4. The summed E-state index contributed by atoms with van der Waals surface area (Å²) in [7, 11) is 8.69. The van der Waals surface area contributed by atoms with Crippen molar-refractivity contribution in [3.63, 3.8) is 0 Å². The third kappa shape index (κ3) is 22.5. The van der Waals surface area contributed by atoms with Gasteiger partial charge in [-0.1, -0.05) is 359 Å². The molecule has 18 aromatic rings. The van der Waals surface area contributed by atoms with Crippen molar-refractivity contribution in [1.29, 1.82) is 0 Å². The Hall–Kier alpha value is -13.3. The first-order chi connectivity index (χ1) is 72.9. The molecule has 0 saturated heterocycles. The van der Waals surface area contributed by atoms with E-state index in [-0.39, 0.29) is 0 Å². The fourth-order valence-electron chi connectivity index (χ4n) is 25.7. The first kappa shape index (κ1) is 95.9. The highest BCUT2D eigenvalue weighted by atomic mass is 14.9. The Balaban J connectivity index is 0.000000117. The second kappa shape index (κ2) is 45.6. The fraction of sp³-hybridized carbons (Fsp3) is 0.329. The van der Waals surface area contributed by atoms with Gasteiger partial charge in [0.15, 0.2) is 24.8 Å². The number of pyridine rings is 4. The van der Waals surface area contributed by atoms with Crippen LogP contribution in [0.5, 0.6) is 0 Å². The summed E-state index contributed by atoms with van der Waals surface area (Å²) in [5, 5.41) is 10.1. The summed E-state index contributed by atoms with van der Waals surface area (Å²) in [6.45, 7) is 14.8. The lowest BCUT2D eigenvalue weighted by atomic mass is 9.81. The van der Waals surface area contributed by atoms with Crippen LogP contribution in [0.2, 0.25) is 0 Å². The third-order valence-electron chi connectivity index (χ3n) is 34.3. The van der Waals surface area contributed by atoms with E-state index in [1.165, 1.54) is 334 Å². The lowest BCUT2D eigenvalue weighted by Gasteiger charge is -2.24. The van der Waals surface area contributed by atoms with Crippen LogP contribution < -0.4 is 18.3 Å². The summed E-state index contributed by atoms with van der Waals surface area (Å²) >= 11 is 0. The summed E-state index contributed by atoms with van der Waals surface area (Å²) in [5.74, 6) is 1.12. The molecule has 6 saturated carbocycles. The van der Waals surface area contributed by atoms with Gasteiger partial charge in [-0.2, -0.15) is 0 Å². The van der Waals surface area contributed by atoms with Gasteiger partial charge >= 0.3 is 0 Å². The third-order valence-corrected chi connectivity index (χ3v) is 34.3. The van der Waals surface area contributed by atoms with E-state index in [1.54, 1.807) is 0 Å². The molecule has 6 aliphatic rings. The minimum absolute atomic E-state index is 0.516. The van der Waals surface area contributed by atoms with E-state index in [0.717, 1.165) is 85.3 Å². The first-order valence-corrected chi connectivity index (χ1v) is 56.1. The van der Waals surface area contributed by atoms with Crippen molar-refractivity contribution in [1.82, 2.24) is 0 Å². The maximum atomic E-state index is 9.49. The lowest BCUT2D eigenvalue weighted by Crippen LogP contribution is -2.32. The molecule has 4 heterocycles. The normalized spacial score (nSPS) is 16.6. The summed E-state index contributed by atoms with van der Waals surface area (Å²) in [4.78, 5) is 0. The summed E-state index contributed by atoms with van der Waals surface area (Å²) in [6.07, 6.45) is 45.8. The van der Waals surface area contributed by atoms with Crippen molar-refractivity contribution in [3.8, 4) is 112 Å². The van der Waals surface area contributed by atoms with E-state index >= 15 is 0 Å². The standard InChI is InChI=1S/C41H44N.C40H42N.C32H36N.C30H32N/c1-29-11-9-10-16-38(29)41-27-39(40(28-42(41)2)33-14-7-4-8-15-33)37-24-23-35-25-34(21-22-36(35)26-37)32-19-17-31(18-20-32)30-12-5-3-6-13-30;1-28-10-6-9-15-37(28)40-26-38(39(27-41(40)2)32-13-4-3-5-14-32)36-23-22-34-24-33(20-21-35(34)25-36)31-18-16-30(17-19-31)29-11-7-8-12-29;1-22(2)25-14-15-27-19-28(17-16-26(27)18-25)30-20-32(29-13-9-8-10-23(29)3)33(4)21-31(30)24-11-6-5-7-12-24;1-21-13-14-25-18-26(16-15-24(25)17-21)28-19-30(27-12-8-7-9-22(27)2)31(3)20-29(28)23-10-5-4-6-11-23/h9-11,16-28,30,33H,3-8,12-15H2,1-2H3;6,9-10,15-27,29,32H,3-5,7-8,11-14H2,1-2H3;8-10,13-22,24H,5-7,11-12H2,1-4H3;7-9,12-20,23H,4-6,10-11H2,1-3H3/q4*+1/i;;22D,24D;23D. The Morgan fingerprint density at radius 3 is 0.769 bits per heavy atom. The summed E-state index contributed by atoms with van der Waals surface area (Å²) in [5.41, 5.74) is 41.4. The zero-order chi connectivity index (χ0) is 103. The van der Waals surface area contributed by atoms with Gasteiger partial charge < -0.3 is 0 Å². The van der Waals surface area contributed by atoms with Crippen molar-refractivity contribution in [2.45, 2.75) is 276 Å². The van der Waals surface area contributed by atoms with Crippen LogP contribution in [0.4, 0.5) is 0 Å². The number of hydrogen-bond acceptors (Lipinski definition) is 0. The van der Waals surface area contributed by atoms with Gasteiger partial charge in [-0.15, -0.1) is 0 Å². The number of fused-ring (bicyclic) bond motifs is 4. The zero-order valence-corrected chi connectivity index (χ0v) is 89.4. The van der Waals surface area contributed by atoms with Crippen molar-refractivity contribution in [2.75, 3.05) is 0 Å². The van der Waals surface area contributed by atoms with E-state index in [9.17, 15) is 2.74 Å². The Bertz CT molecular complexity index is 7930.